The lowest BCUT2D eigenvalue weighted by atomic mass is 9.81. The lowest BCUT2D eigenvalue weighted by molar-refractivity contribution is -0.910. The highest BCUT2D eigenvalue weighted by molar-refractivity contribution is 7.22. The molecule has 3 aromatic heterocycles. The summed E-state index contributed by atoms with van der Waals surface area (Å²) in [6, 6.07) is 14.2. The second kappa shape index (κ2) is 15.0. The van der Waals surface area contributed by atoms with Crippen molar-refractivity contribution in [1.29, 1.82) is 0 Å². The number of ether oxygens (including phenoxy) is 2. The van der Waals surface area contributed by atoms with Crippen LogP contribution in [0.25, 0.3) is 20.8 Å². The Morgan fingerprint density at radius 1 is 1.02 bits per heavy atom. The number of urea groups is 1. The number of carbonyl (C=O) groups excluding carboxylic acids is 2. The van der Waals surface area contributed by atoms with Crippen molar-refractivity contribution in [2.45, 2.75) is 71.8 Å². The molecule has 1 saturated heterocycles. The molecule has 254 valence electrons. The Balaban J connectivity index is 1.07. The molecule has 10 heteroatoms. The number of aromatic nitrogens is 2. The summed E-state index contributed by atoms with van der Waals surface area (Å²) in [4.78, 5) is 34.7. The SMILES string of the molecule is CCOC(=O)CC[N+]1(C)CCCC(Cc2ccc(-c3cc4nccc(Oc5ccc(NC(=O)NC6CC6)cc5C)c4s3)nc2)C(C)CC1. The van der Waals surface area contributed by atoms with Crippen molar-refractivity contribution in [3.63, 3.8) is 0 Å². The van der Waals surface area contributed by atoms with Gasteiger partial charge in [-0.15, -0.1) is 11.3 Å². The molecular formula is C38H48N5O4S+. The van der Waals surface area contributed by atoms with Crippen LogP contribution in [-0.4, -0.2) is 65.8 Å². The van der Waals surface area contributed by atoms with E-state index in [0.717, 1.165) is 99.8 Å². The average Bonchev–Trinajstić information content (AvgIpc) is 3.77. The molecule has 0 radical (unpaired) electrons. The van der Waals surface area contributed by atoms with E-state index in [4.69, 9.17) is 14.5 Å². The van der Waals surface area contributed by atoms with Gasteiger partial charge < -0.3 is 24.6 Å². The zero-order valence-corrected chi connectivity index (χ0v) is 29.4. The highest BCUT2D eigenvalue weighted by Gasteiger charge is 2.30. The van der Waals surface area contributed by atoms with E-state index in [1.807, 2.05) is 44.3 Å². The lowest BCUT2D eigenvalue weighted by Gasteiger charge is -2.39. The van der Waals surface area contributed by atoms with Crippen LogP contribution in [0.2, 0.25) is 0 Å². The molecule has 1 aromatic carbocycles. The molecule has 0 bridgehead atoms. The number of benzene rings is 1. The number of amides is 2. The Morgan fingerprint density at radius 3 is 2.62 bits per heavy atom. The van der Waals surface area contributed by atoms with Crippen molar-refractivity contribution in [3.8, 4) is 22.1 Å². The first-order valence-electron chi connectivity index (χ1n) is 17.4. The minimum Gasteiger partial charge on any atom is -0.466 e. The number of likely N-dealkylation sites (tertiary alicyclic amines) is 1. The molecule has 4 heterocycles. The van der Waals surface area contributed by atoms with E-state index < -0.39 is 0 Å². The molecule has 3 unspecified atom stereocenters. The van der Waals surface area contributed by atoms with Crippen LogP contribution >= 0.6 is 11.3 Å². The van der Waals surface area contributed by atoms with Crippen molar-refractivity contribution >= 4 is 39.2 Å². The predicted octanol–water partition coefficient (Wildman–Crippen LogP) is 8.12. The van der Waals surface area contributed by atoms with Crippen LogP contribution in [0.5, 0.6) is 11.5 Å². The summed E-state index contributed by atoms with van der Waals surface area (Å²) in [5, 5.41) is 5.86. The van der Waals surface area contributed by atoms with Crippen molar-refractivity contribution < 1.29 is 23.5 Å². The van der Waals surface area contributed by atoms with Gasteiger partial charge in [-0.25, -0.2) is 4.79 Å². The van der Waals surface area contributed by atoms with Gasteiger partial charge in [0.2, 0.25) is 0 Å². The highest BCUT2D eigenvalue weighted by Crippen LogP contribution is 2.40. The molecule has 48 heavy (non-hydrogen) atoms. The van der Waals surface area contributed by atoms with E-state index in [0.29, 0.717) is 30.9 Å². The number of aryl methyl sites for hydroxylation is 1. The lowest BCUT2D eigenvalue weighted by Crippen LogP contribution is -2.49. The Kier molecular flexibility index (Phi) is 10.6. The molecule has 2 amide bonds. The predicted molar refractivity (Wildman–Crippen MR) is 192 cm³/mol. The Morgan fingerprint density at radius 2 is 1.88 bits per heavy atom. The largest absolute Gasteiger partial charge is 0.466 e. The van der Waals surface area contributed by atoms with Crippen LogP contribution in [-0.2, 0) is 16.0 Å². The molecule has 9 nitrogen and oxygen atoms in total. The molecule has 2 aliphatic rings. The fraction of sp³-hybridized carbons (Fsp3) is 0.474. The van der Waals surface area contributed by atoms with Crippen molar-refractivity contribution in [2.75, 3.05) is 38.6 Å². The summed E-state index contributed by atoms with van der Waals surface area (Å²) >= 11 is 1.63. The number of nitrogens with one attached hydrogen (secondary N) is 2. The maximum Gasteiger partial charge on any atom is 0.319 e. The number of quaternary nitrogens is 1. The van der Waals surface area contributed by atoms with E-state index in [1.165, 1.54) is 12.0 Å². The fourth-order valence-electron chi connectivity index (χ4n) is 6.66. The number of thiophene rings is 1. The molecule has 0 spiro atoms. The number of carbonyl (C=O) groups is 2. The number of anilines is 1. The van der Waals surface area contributed by atoms with Crippen LogP contribution in [0, 0.1) is 18.8 Å². The van der Waals surface area contributed by atoms with Gasteiger partial charge in [0.05, 0.1) is 60.5 Å². The topological polar surface area (TPSA) is 102 Å². The smallest absolute Gasteiger partial charge is 0.319 e. The number of hydrogen-bond donors (Lipinski definition) is 2. The van der Waals surface area contributed by atoms with Gasteiger partial charge in [-0.2, -0.15) is 0 Å². The first kappa shape index (κ1) is 33.9. The summed E-state index contributed by atoms with van der Waals surface area (Å²) < 4.78 is 13.5. The van der Waals surface area contributed by atoms with E-state index in [1.54, 1.807) is 17.5 Å². The van der Waals surface area contributed by atoms with E-state index >= 15 is 0 Å². The number of nitrogens with zero attached hydrogens (tertiary/aromatic N) is 3. The van der Waals surface area contributed by atoms with Crippen LogP contribution < -0.4 is 15.4 Å². The van der Waals surface area contributed by atoms with Gasteiger partial charge in [0.1, 0.15) is 11.5 Å². The Bertz CT molecular complexity index is 1740. The third-order valence-electron chi connectivity index (χ3n) is 9.88. The minimum absolute atomic E-state index is 0.0804. The summed E-state index contributed by atoms with van der Waals surface area (Å²) in [5.74, 6) is 2.63. The number of fused-ring (bicyclic) bond motifs is 1. The van der Waals surface area contributed by atoms with Gasteiger partial charge in [-0.1, -0.05) is 13.0 Å². The van der Waals surface area contributed by atoms with Crippen LogP contribution in [0.4, 0.5) is 10.5 Å². The molecule has 2 N–H and O–H groups in total. The molecule has 1 aliphatic heterocycles. The second-order valence-electron chi connectivity index (χ2n) is 13.9. The van der Waals surface area contributed by atoms with Crippen molar-refractivity contribution in [3.05, 3.63) is 66.0 Å². The standard InChI is InChI=1S/C38H47N5O4S/c1-5-46-36(44)16-20-43(4)18-6-7-28(25(2)15-19-43)22-27-8-12-31(40-24-27)35-23-32-37(48-35)34(14-17-39-32)47-33-13-11-30(21-26(33)3)42-38(45)41-29-9-10-29/h8,11-14,17,21,23-25,28-29H,5-7,9-10,15-16,18-20,22H2,1-4H3,(H-,41,42,45)/p+1. The molecule has 1 aliphatic carbocycles. The maximum atomic E-state index is 12.2. The van der Waals surface area contributed by atoms with E-state index in [-0.39, 0.29) is 12.0 Å². The normalized spacial score (nSPS) is 21.2. The third kappa shape index (κ3) is 8.71. The molecule has 4 aromatic rings. The quantitative estimate of drug-likeness (QED) is 0.123. The van der Waals surface area contributed by atoms with Crippen LogP contribution in [0.15, 0.2) is 54.9 Å². The molecule has 6 rings (SSSR count). The van der Waals surface area contributed by atoms with Gasteiger partial charge in [-0.05, 0) is 106 Å². The first-order valence-corrected chi connectivity index (χ1v) is 18.2. The molecule has 3 atom stereocenters. The van der Waals surface area contributed by atoms with Gasteiger partial charge in [0.25, 0.3) is 0 Å². The number of hydrogen-bond acceptors (Lipinski definition) is 7. The van der Waals surface area contributed by atoms with Gasteiger partial charge in [-0.3, -0.25) is 14.8 Å². The number of rotatable bonds is 11. The average molecular weight is 671 g/mol. The summed E-state index contributed by atoms with van der Waals surface area (Å²) in [6.45, 7) is 9.74. The minimum atomic E-state index is -0.170. The fourth-order valence-corrected chi connectivity index (χ4v) is 7.70. The molecule has 2 fully saturated rings. The maximum absolute atomic E-state index is 12.2. The third-order valence-corrected chi connectivity index (χ3v) is 11.0. The van der Waals surface area contributed by atoms with Crippen molar-refractivity contribution in [2.24, 2.45) is 11.8 Å². The first-order chi connectivity index (χ1) is 23.2. The Hall–Kier alpha value is -4.02. The van der Waals surface area contributed by atoms with Crippen LogP contribution in [0.3, 0.4) is 0 Å². The van der Waals surface area contributed by atoms with Gasteiger partial charge in [0.15, 0.2) is 0 Å². The second-order valence-corrected chi connectivity index (χ2v) is 14.9. The highest BCUT2D eigenvalue weighted by atomic mass is 32.1. The Labute approximate surface area is 287 Å². The number of esters is 1. The molecule has 1 saturated carbocycles. The van der Waals surface area contributed by atoms with Crippen molar-refractivity contribution in [1.82, 2.24) is 15.3 Å². The monoisotopic (exact) mass is 670 g/mol. The van der Waals surface area contributed by atoms with Gasteiger partial charge in [0, 0.05) is 30.2 Å². The summed E-state index contributed by atoms with van der Waals surface area (Å²) in [5.41, 5.74) is 4.75. The summed E-state index contributed by atoms with van der Waals surface area (Å²) in [7, 11) is 2.29. The van der Waals surface area contributed by atoms with E-state index in [9.17, 15) is 9.59 Å². The number of pyridine rings is 2. The summed E-state index contributed by atoms with van der Waals surface area (Å²) in [6.07, 6.45) is 11.0. The van der Waals surface area contributed by atoms with Crippen LogP contribution in [0.1, 0.15) is 63.5 Å². The molecular weight excluding hydrogens is 623 g/mol. The zero-order valence-electron chi connectivity index (χ0n) is 28.6. The zero-order chi connectivity index (χ0) is 33.7. The van der Waals surface area contributed by atoms with Gasteiger partial charge >= 0.3 is 12.0 Å². The van der Waals surface area contributed by atoms with E-state index in [2.05, 4.69) is 47.8 Å².